The van der Waals surface area contributed by atoms with Gasteiger partial charge >= 0.3 is 0 Å². The van der Waals surface area contributed by atoms with Gasteiger partial charge in [-0.3, -0.25) is 4.79 Å². The molecule has 3 aromatic rings. The number of nitrogens with one attached hydrogen (secondary N) is 1. The Labute approximate surface area is 200 Å². The molecule has 0 spiro atoms. The number of hydrogen-bond acceptors (Lipinski definition) is 10. The number of ketones is 1. The summed E-state index contributed by atoms with van der Waals surface area (Å²) in [5, 5.41) is 22.0. The molecule has 0 aliphatic carbocycles. The zero-order chi connectivity index (χ0) is 23.4. The van der Waals surface area contributed by atoms with E-state index in [0.717, 1.165) is 22.7 Å². The van der Waals surface area contributed by atoms with E-state index in [1.165, 1.54) is 23.1 Å². The number of fused-ring (bicyclic) bond motifs is 1. The van der Waals surface area contributed by atoms with Crippen molar-refractivity contribution in [3.63, 3.8) is 0 Å². The predicted octanol–water partition coefficient (Wildman–Crippen LogP) is 4.14. The Morgan fingerprint density at radius 2 is 1.79 bits per heavy atom. The van der Waals surface area contributed by atoms with Gasteiger partial charge in [0, 0.05) is 20.6 Å². The van der Waals surface area contributed by atoms with Crippen LogP contribution in [0.1, 0.15) is 5.56 Å². The smallest absolute Gasteiger partial charge is 0.206 e. The van der Waals surface area contributed by atoms with Gasteiger partial charge in [-0.25, -0.2) is 0 Å². The quantitative estimate of drug-likeness (QED) is 0.291. The van der Waals surface area contributed by atoms with Crippen LogP contribution in [0.4, 0.5) is 16.5 Å². The summed E-state index contributed by atoms with van der Waals surface area (Å²) in [6.45, 7) is 0.603. The number of anilines is 3. The maximum Gasteiger partial charge on any atom is 0.206 e. The van der Waals surface area contributed by atoms with Gasteiger partial charge in [0.2, 0.25) is 5.13 Å². The third-order valence-electron chi connectivity index (χ3n) is 5.19. The maximum atomic E-state index is 12.9. The van der Waals surface area contributed by atoms with Gasteiger partial charge in [0.1, 0.15) is 23.2 Å². The highest BCUT2D eigenvalue weighted by molar-refractivity contribution is 8.01. The molecule has 10 heteroatoms. The van der Waals surface area contributed by atoms with Crippen molar-refractivity contribution in [1.29, 1.82) is 5.26 Å². The zero-order valence-corrected chi connectivity index (χ0v) is 20.0. The van der Waals surface area contributed by atoms with E-state index >= 15 is 0 Å². The van der Waals surface area contributed by atoms with Gasteiger partial charge in [0.05, 0.1) is 24.2 Å². The third-order valence-corrected chi connectivity index (χ3v) is 7.20. The first kappa shape index (κ1) is 22.6. The lowest BCUT2D eigenvalue weighted by Gasteiger charge is -2.19. The highest BCUT2D eigenvalue weighted by Gasteiger charge is 2.31. The minimum Gasteiger partial charge on any atom is -0.497 e. The SMILES string of the molecule is COc1ccc(CNc2nnc(SCC(=O)C(C#N)=C3N(C)c4ccccc4N3C)s2)cc1. The number of rotatable bonds is 8. The summed E-state index contributed by atoms with van der Waals surface area (Å²) in [4.78, 5) is 16.7. The van der Waals surface area contributed by atoms with E-state index in [-0.39, 0.29) is 17.1 Å². The van der Waals surface area contributed by atoms with Crippen LogP contribution in [0.15, 0.2) is 64.3 Å². The molecule has 2 heterocycles. The van der Waals surface area contributed by atoms with Gasteiger partial charge < -0.3 is 19.9 Å². The van der Waals surface area contributed by atoms with Crippen molar-refractivity contribution in [2.24, 2.45) is 0 Å². The van der Waals surface area contributed by atoms with E-state index in [0.29, 0.717) is 21.8 Å². The molecular formula is C23H22N6O2S2. The molecule has 168 valence electrons. The monoisotopic (exact) mass is 478 g/mol. The summed E-state index contributed by atoms with van der Waals surface area (Å²) in [6.07, 6.45) is 0. The van der Waals surface area contributed by atoms with Crippen molar-refractivity contribution in [3.05, 3.63) is 65.5 Å². The first-order valence-electron chi connectivity index (χ1n) is 10.1. The van der Waals surface area contributed by atoms with Crippen LogP contribution in [0.3, 0.4) is 0 Å². The number of methoxy groups -OCH3 is 1. The second kappa shape index (κ2) is 9.94. The minimum atomic E-state index is -0.244. The van der Waals surface area contributed by atoms with Gasteiger partial charge in [0.15, 0.2) is 10.1 Å². The number of para-hydroxylation sites is 2. The van der Waals surface area contributed by atoms with E-state index in [4.69, 9.17) is 4.74 Å². The molecule has 0 saturated heterocycles. The highest BCUT2D eigenvalue weighted by Crippen LogP contribution is 2.40. The van der Waals surface area contributed by atoms with Crippen LogP contribution in [0, 0.1) is 11.3 Å². The zero-order valence-electron chi connectivity index (χ0n) is 18.4. The van der Waals surface area contributed by atoms with Crippen LogP contribution in [0.5, 0.6) is 5.75 Å². The number of thioether (sulfide) groups is 1. The van der Waals surface area contributed by atoms with Gasteiger partial charge in [0.25, 0.3) is 0 Å². The van der Waals surface area contributed by atoms with Crippen LogP contribution in [0.25, 0.3) is 0 Å². The summed E-state index contributed by atoms with van der Waals surface area (Å²) in [5.74, 6) is 1.26. The number of benzene rings is 2. The van der Waals surface area contributed by atoms with Crippen molar-refractivity contribution in [3.8, 4) is 11.8 Å². The molecule has 0 saturated carbocycles. The molecule has 4 rings (SSSR count). The second-order valence-electron chi connectivity index (χ2n) is 7.20. The van der Waals surface area contributed by atoms with E-state index in [1.807, 2.05) is 72.4 Å². The van der Waals surface area contributed by atoms with Crippen LogP contribution < -0.4 is 19.9 Å². The number of allylic oxidation sites excluding steroid dienone is 1. The third kappa shape index (κ3) is 4.79. The number of Topliss-reactive ketones (excluding diaryl/α,β-unsaturated/α-hetero) is 1. The first-order valence-corrected chi connectivity index (χ1v) is 11.9. The Kier molecular flexibility index (Phi) is 6.82. The van der Waals surface area contributed by atoms with E-state index < -0.39 is 0 Å². The number of ether oxygens (including phenoxy) is 1. The Morgan fingerprint density at radius 1 is 1.12 bits per heavy atom. The molecule has 0 fully saturated rings. The van der Waals surface area contributed by atoms with Gasteiger partial charge in [-0.15, -0.1) is 10.2 Å². The fraction of sp³-hybridized carbons (Fsp3) is 0.217. The van der Waals surface area contributed by atoms with Crippen molar-refractivity contribution < 1.29 is 9.53 Å². The molecule has 33 heavy (non-hydrogen) atoms. The van der Waals surface area contributed by atoms with Crippen molar-refractivity contribution in [2.75, 3.05) is 42.1 Å². The van der Waals surface area contributed by atoms with E-state index in [1.54, 1.807) is 7.11 Å². The lowest BCUT2D eigenvalue weighted by molar-refractivity contribution is -0.112. The normalized spacial score (nSPS) is 12.4. The number of aromatic nitrogens is 2. The molecule has 0 bridgehead atoms. The molecule has 0 unspecified atom stereocenters. The molecule has 2 aromatic carbocycles. The Balaban J connectivity index is 1.38. The molecule has 0 atom stereocenters. The van der Waals surface area contributed by atoms with Crippen LogP contribution in [-0.2, 0) is 11.3 Å². The molecule has 1 aliphatic heterocycles. The molecule has 1 aliphatic rings. The second-order valence-corrected chi connectivity index (χ2v) is 9.40. The number of hydrogen-bond donors (Lipinski definition) is 1. The molecule has 0 amide bonds. The Bertz CT molecular complexity index is 1200. The summed E-state index contributed by atoms with van der Waals surface area (Å²) in [6, 6.07) is 17.7. The summed E-state index contributed by atoms with van der Waals surface area (Å²) in [7, 11) is 5.36. The van der Waals surface area contributed by atoms with Gasteiger partial charge in [-0.2, -0.15) is 5.26 Å². The number of nitriles is 1. The average Bonchev–Trinajstić information content (AvgIpc) is 3.41. The van der Waals surface area contributed by atoms with Crippen molar-refractivity contribution >= 4 is 45.4 Å². The van der Waals surface area contributed by atoms with Crippen LogP contribution in [0.2, 0.25) is 0 Å². The molecule has 1 aromatic heterocycles. The standard InChI is InChI=1S/C23H22N6O2S2/c1-28-18-6-4-5-7-19(18)29(2)21(28)17(12-24)20(30)14-32-23-27-26-22(33-23)25-13-15-8-10-16(31-3)11-9-15/h4-11H,13-14H2,1-3H3,(H,25,26). The fourth-order valence-electron chi connectivity index (χ4n) is 3.52. The molecule has 8 nitrogen and oxygen atoms in total. The fourth-order valence-corrected chi connectivity index (χ4v) is 5.14. The number of carbonyl (C=O) groups is 1. The maximum absolute atomic E-state index is 12.9. The summed E-state index contributed by atoms with van der Waals surface area (Å²) >= 11 is 2.66. The van der Waals surface area contributed by atoms with E-state index in [2.05, 4.69) is 21.6 Å². The lowest BCUT2D eigenvalue weighted by Crippen LogP contribution is -2.26. The van der Waals surface area contributed by atoms with Crippen molar-refractivity contribution in [2.45, 2.75) is 10.9 Å². The molecule has 1 N–H and O–H groups in total. The first-order chi connectivity index (χ1) is 16.0. The minimum absolute atomic E-state index is 0.109. The largest absolute Gasteiger partial charge is 0.497 e. The number of carbonyl (C=O) groups excluding carboxylic acids is 1. The van der Waals surface area contributed by atoms with Crippen molar-refractivity contribution in [1.82, 2.24) is 10.2 Å². The molecular weight excluding hydrogens is 456 g/mol. The lowest BCUT2D eigenvalue weighted by atomic mass is 10.2. The predicted molar refractivity (Wildman–Crippen MR) is 132 cm³/mol. The van der Waals surface area contributed by atoms with Gasteiger partial charge in [-0.05, 0) is 29.8 Å². The average molecular weight is 479 g/mol. The Hall–Kier alpha value is -3.55. The highest BCUT2D eigenvalue weighted by atomic mass is 32.2. The van der Waals surface area contributed by atoms with Gasteiger partial charge in [-0.1, -0.05) is 47.4 Å². The van der Waals surface area contributed by atoms with Crippen LogP contribution >= 0.6 is 23.1 Å². The van der Waals surface area contributed by atoms with E-state index in [9.17, 15) is 10.1 Å². The Morgan fingerprint density at radius 3 is 2.39 bits per heavy atom. The van der Waals surface area contributed by atoms with Crippen LogP contribution in [-0.4, -0.2) is 42.9 Å². The summed E-state index contributed by atoms with van der Waals surface area (Å²) in [5.41, 5.74) is 3.14. The topological polar surface area (TPSA) is 94.4 Å². The summed E-state index contributed by atoms with van der Waals surface area (Å²) < 4.78 is 5.83. The molecule has 0 radical (unpaired) electrons. The number of nitrogens with zero attached hydrogens (tertiary/aromatic N) is 5.